The molecule has 2 saturated heterocycles. The van der Waals surface area contributed by atoms with Crippen molar-refractivity contribution in [3.63, 3.8) is 0 Å². The van der Waals surface area contributed by atoms with Crippen LogP contribution in [0.15, 0.2) is 48.8 Å². The van der Waals surface area contributed by atoms with E-state index in [1.54, 1.807) is 18.2 Å². The van der Waals surface area contributed by atoms with Gasteiger partial charge >= 0.3 is 0 Å². The Morgan fingerprint density at radius 3 is 2.58 bits per heavy atom. The van der Waals surface area contributed by atoms with Crippen molar-refractivity contribution in [3.05, 3.63) is 59.9 Å². The van der Waals surface area contributed by atoms with Crippen molar-refractivity contribution in [2.75, 3.05) is 29.9 Å². The van der Waals surface area contributed by atoms with Crippen molar-refractivity contribution in [1.82, 2.24) is 25.0 Å². The van der Waals surface area contributed by atoms with E-state index in [0.717, 1.165) is 85.8 Å². The Morgan fingerprint density at radius 1 is 0.978 bits per heavy atom. The fraction of sp³-hybridized carbons (Fsp3) is 0.455. The van der Waals surface area contributed by atoms with Gasteiger partial charge < -0.3 is 15.3 Å². The van der Waals surface area contributed by atoms with Gasteiger partial charge in [-0.2, -0.15) is 5.10 Å². The molecule has 3 fully saturated rings. The van der Waals surface area contributed by atoms with Gasteiger partial charge in [-0.25, -0.2) is 4.98 Å². The number of carbonyl (C=O) groups is 4. The molecular weight excluding hydrogens is 574 g/mol. The van der Waals surface area contributed by atoms with Crippen LogP contribution < -0.4 is 15.5 Å². The molecule has 1 saturated carbocycles. The molecule has 1 atom stereocenters. The number of nitrogens with one attached hydrogen (secondary N) is 2. The molecule has 234 valence electrons. The number of aliphatic hydroxyl groups excluding tert-OH is 1. The minimum atomic E-state index is -0.963. The number of benzene rings is 1. The van der Waals surface area contributed by atoms with Gasteiger partial charge in [-0.15, -0.1) is 0 Å². The molecule has 4 amide bonds. The Kier molecular flexibility index (Phi) is 7.82. The second kappa shape index (κ2) is 12.1. The van der Waals surface area contributed by atoms with E-state index in [2.05, 4.69) is 31.5 Å². The molecule has 3 aromatic rings. The topological polar surface area (TPSA) is 150 Å². The summed E-state index contributed by atoms with van der Waals surface area (Å²) in [6, 6.07) is 10.6. The Balaban J connectivity index is 0.871. The Labute approximate surface area is 260 Å². The quantitative estimate of drug-likeness (QED) is 0.245. The highest BCUT2D eigenvalue weighted by atomic mass is 16.3. The number of fused-ring (bicyclic) bond motifs is 1. The van der Waals surface area contributed by atoms with Gasteiger partial charge in [0.25, 0.3) is 11.8 Å². The molecule has 0 spiro atoms. The van der Waals surface area contributed by atoms with E-state index in [1.807, 2.05) is 24.4 Å². The molecule has 12 heteroatoms. The van der Waals surface area contributed by atoms with Gasteiger partial charge in [0.05, 0.1) is 35.2 Å². The number of pyridine rings is 1. The van der Waals surface area contributed by atoms with Crippen LogP contribution in [0, 0.1) is 5.92 Å². The summed E-state index contributed by atoms with van der Waals surface area (Å²) in [4.78, 5) is 57.8. The predicted octanol–water partition coefficient (Wildman–Crippen LogP) is 3.15. The van der Waals surface area contributed by atoms with Crippen molar-refractivity contribution in [2.24, 2.45) is 5.92 Å². The number of anilines is 2. The number of imide groups is 2. The minimum absolute atomic E-state index is 0.0970. The molecular formula is C33H37N7O5. The summed E-state index contributed by atoms with van der Waals surface area (Å²) in [7, 11) is 0. The molecule has 45 heavy (non-hydrogen) atoms. The number of aromatic nitrogens is 3. The molecule has 1 aromatic carbocycles. The summed E-state index contributed by atoms with van der Waals surface area (Å²) in [6.45, 7) is 2.37. The maximum Gasteiger partial charge on any atom is 0.262 e. The third-order valence-electron chi connectivity index (χ3n) is 9.56. The van der Waals surface area contributed by atoms with Gasteiger partial charge in [0.15, 0.2) is 0 Å². The molecule has 2 aromatic heterocycles. The highest BCUT2D eigenvalue weighted by Crippen LogP contribution is 2.40. The molecule has 12 nitrogen and oxygen atoms in total. The molecule has 4 aliphatic rings. The van der Waals surface area contributed by atoms with Gasteiger partial charge in [0, 0.05) is 43.5 Å². The Hall–Kier alpha value is -4.58. The zero-order valence-electron chi connectivity index (χ0n) is 25.0. The number of piperidine rings is 2. The number of aliphatic hydroxyl groups is 1. The van der Waals surface area contributed by atoms with Gasteiger partial charge in [-0.3, -0.25) is 34.1 Å². The first-order valence-corrected chi connectivity index (χ1v) is 15.9. The lowest BCUT2D eigenvalue weighted by atomic mass is 9.77. The number of hydrogen-bond donors (Lipinski definition) is 3. The number of hydrogen-bond acceptors (Lipinski definition) is 9. The van der Waals surface area contributed by atoms with Crippen LogP contribution in [0.1, 0.15) is 78.1 Å². The number of amides is 4. The van der Waals surface area contributed by atoms with Gasteiger partial charge in [0.1, 0.15) is 11.9 Å². The fourth-order valence-electron chi connectivity index (χ4n) is 6.88. The van der Waals surface area contributed by atoms with Gasteiger partial charge in [-0.05, 0) is 81.2 Å². The van der Waals surface area contributed by atoms with Crippen LogP contribution in [-0.2, 0) is 9.59 Å². The average molecular weight is 612 g/mol. The summed E-state index contributed by atoms with van der Waals surface area (Å²) >= 11 is 0. The van der Waals surface area contributed by atoms with E-state index in [9.17, 15) is 24.3 Å². The first-order valence-electron chi connectivity index (χ1n) is 15.9. The molecule has 7 rings (SSSR count). The molecule has 1 aliphatic carbocycles. The standard InChI is InChI=1S/C33H37N7O5/c41-24-10-13-38(14-11-24)29-5-1-4-27(36-29)21-18-35-39(19-21)23-15-20(16-23)3-2-12-34-22-6-7-25-26(17-22)33(45)40(32(25)44)28-8-9-30(42)37-31(28)43/h1,4-7,17-20,23-24,28,34,41H,2-3,8-16H2,(H,37,42,43)/t20-,23-,28?. The highest BCUT2D eigenvalue weighted by Gasteiger charge is 2.44. The smallest absolute Gasteiger partial charge is 0.262 e. The largest absolute Gasteiger partial charge is 0.393 e. The van der Waals surface area contributed by atoms with Crippen LogP contribution in [0.2, 0.25) is 0 Å². The lowest BCUT2D eigenvalue weighted by molar-refractivity contribution is -0.136. The highest BCUT2D eigenvalue weighted by molar-refractivity contribution is 6.23. The molecule has 3 N–H and O–H groups in total. The van der Waals surface area contributed by atoms with E-state index in [-0.39, 0.29) is 30.1 Å². The normalized spacial score (nSPS) is 23.6. The summed E-state index contributed by atoms with van der Waals surface area (Å²) in [6.07, 6.45) is 9.76. The van der Waals surface area contributed by atoms with Crippen LogP contribution in [0.25, 0.3) is 11.3 Å². The van der Waals surface area contributed by atoms with Crippen LogP contribution in [0.5, 0.6) is 0 Å². The van der Waals surface area contributed by atoms with Crippen LogP contribution in [-0.4, -0.2) is 80.2 Å². The zero-order chi connectivity index (χ0) is 31.1. The fourth-order valence-corrected chi connectivity index (χ4v) is 6.88. The minimum Gasteiger partial charge on any atom is -0.393 e. The maximum atomic E-state index is 13.1. The van der Waals surface area contributed by atoms with Crippen molar-refractivity contribution < 1.29 is 24.3 Å². The van der Waals surface area contributed by atoms with Gasteiger partial charge in [-0.1, -0.05) is 6.07 Å². The van der Waals surface area contributed by atoms with Crippen LogP contribution in [0.3, 0.4) is 0 Å². The first kappa shape index (κ1) is 29.1. The van der Waals surface area contributed by atoms with E-state index in [0.29, 0.717) is 12.0 Å². The van der Waals surface area contributed by atoms with Crippen LogP contribution >= 0.6 is 0 Å². The molecule has 0 radical (unpaired) electrons. The predicted molar refractivity (Wildman–Crippen MR) is 166 cm³/mol. The summed E-state index contributed by atoms with van der Waals surface area (Å²) < 4.78 is 2.07. The SMILES string of the molecule is O=C1CCC(N2C(=O)c3ccc(NCCC[C@H]4C[C@H](n5cc(-c6cccc(N7CCC(O)CC7)n6)cn5)C4)cc3C2=O)C(=O)N1. The zero-order valence-corrected chi connectivity index (χ0v) is 25.0. The number of nitrogens with zero attached hydrogens (tertiary/aromatic N) is 5. The second-order valence-corrected chi connectivity index (χ2v) is 12.6. The molecule has 1 unspecified atom stereocenters. The van der Waals surface area contributed by atoms with Crippen LogP contribution in [0.4, 0.5) is 11.5 Å². The third kappa shape index (κ3) is 5.82. The summed E-state index contributed by atoms with van der Waals surface area (Å²) in [5.74, 6) is -0.424. The van der Waals surface area contributed by atoms with Crippen molar-refractivity contribution in [1.29, 1.82) is 0 Å². The van der Waals surface area contributed by atoms with Crippen molar-refractivity contribution in [2.45, 2.75) is 69.6 Å². The van der Waals surface area contributed by atoms with E-state index < -0.39 is 29.7 Å². The van der Waals surface area contributed by atoms with Crippen molar-refractivity contribution in [3.8, 4) is 11.3 Å². The van der Waals surface area contributed by atoms with Crippen molar-refractivity contribution >= 4 is 35.1 Å². The Morgan fingerprint density at radius 2 is 1.78 bits per heavy atom. The molecule has 0 bridgehead atoms. The lowest BCUT2D eigenvalue weighted by Gasteiger charge is -2.35. The monoisotopic (exact) mass is 611 g/mol. The van der Waals surface area contributed by atoms with E-state index >= 15 is 0 Å². The summed E-state index contributed by atoms with van der Waals surface area (Å²) in [5.41, 5.74) is 3.24. The first-order chi connectivity index (χ1) is 21.8. The molecule has 5 heterocycles. The molecule has 3 aliphatic heterocycles. The third-order valence-corrected chi connectivity index (χ3v) is 9.56. The second-order valence-electron chi connectivity index (χ2n) is 12.6. The summed E-state index contributed by atoms with van der Waals surface area (Å²) in [5, 5.41) is 20.1. The lowest BCUT2D eigenvalue weighted by Crippen LogP contribution is -2.54. The van der Waals surface area contributed by atoms with E-state index in [4.69, 9.17) is 4.98 Å². The number of carbonyl (C=O) groups excluding carboxylic acids is 4. The van der Waals surface area contributed by atoms with E-state index in [1.165, 1.54) is 0 Å². The number of rotatable bonds is 9. The van der Waals surface area contributed by atoms with Gasteiger partial charge in [0.2, 0.25) is 11.8 Å². The average Bonchev–Trinajstić information content (AvgIpc) is 3.59. The maximum absolute atomic E-state index is 13.1. The Bertz CT molecular complexity index is 1640.